The van der Waals surface area contributed by atoms with Crippen LogP contribution in [0.1, 0.15) is 12.0 Å². The minimum Gasteiger partial charge on any atom is -0.480 e. The van der Waals surface area contributed by atoms with Crippen molar-refractivity contribution in [3.05, 3.63) is 29.8 Å². The van der Waals surface area contributed by atoms with Gasteiger partial charge in [-0.3, -0.25) is 9.52 Å². The molecule has 1 aromatic rings. The molecule has 0 radical (unpaired) electrons. The first kappa shape index (κ1) is 16.9. The Bertz CT molecular complexity index is 545. The Hall–Kier alpha value is -1.12. The maximum atomic E-state index is 11.7. The first-order valence-corrected chi connectivity index (χ1v) is 8.75. The number of alkyl halides is 1. The highest BCUT2D eigenvalue weighted by Gasteiger charge is 2.13. The highest BCUT2D eigenvalue weighted by atomic mass is 79.9. The Kier molecular flexibility index (Phi) is 6.44. The van der Waals surface area contributed by atoms with Gasteiger partial charge in [-0.2, -0.15) is 0 Å². The zero-order valence-electron chi connectivity index (χ0n) is 10.8. The summed E-state index contributed by atoms with van der Waals surface area (Å²) >= 11 is 3.18. The van der Waals surface area contributed by atoms with Crippen LogP contribution < -0.4 is 10.5 Å². The van der Waals surface area contributed by atoms with E-state index in [1.165, 1.54) is 0 Å². The molecule has 0 amide bonds. The van der Waals surface area contributed by atoms with E-state index in [9.17, 15) is 13.2 Å². The Morgan fingerprint density at radius 2 is 1.95 bits per heavy atom. The van der Waals surface area contributed by atoms with Gasteiger partial charge in [0, 0.05) is 11.0 Å². The molecule has 0 aliphatic rings. The van der Waals surface area contributed by atoms with Crippen LogP contribution in [-0.4, -0.2) is 36.6 Å². The van der Waals surface area contributed by atoms with Gasteiger partial charge >= 0.3 is 5.97 Å². The Labute approximate surface area is 126 Å². The Morgan fingerprint density at radius 1 is 1.35 bits per heavy atom. The maximum Gasteiger partial charge on any atom is 0.320 e. The van der Waals surface area contributed by atoms with Gasteiger partial charge in [-0.05, 0) is 30.5 Å². The molecule has 0 unspecified atom stereocenters. The van der Waals surface area contributed by atoms with Crippen LogP contribution in [0.25, 0.3) is 0 Å². The van der Waals surface area contributed by atoms with E-state index in [-0.39, 0.29) is 12.2 Å². The van der Waals surface area contributed by atoms with Crippen LogP contribution in [0.4, 0.5) is 5.69 Å². The van der Waals surface area contributed by atoms with E-state index < -0.39 is 22.0 Å². The van der Waals surface area contributed by atoms with Crippen LogP contribution in [0.3, 0.4) is 0 Å². The SMILES string of the molecule is N[C@@H](Cc1ccc(NS(=O)(=O)CCCBr)cc1)C(=O)O. The van der Waals surface area contributed by atoms with E-state index >= 15 is 0 Å². The molecule has 8 heteroatoms. The number of hydrogen-bond acceptors (Lipinski definition) is 4. The van der Waals surface area contributed by atoms with Gasteiger partial charge in [-0.1, -0.05) is 28.1 Å². The van der Waals surface area contributed by atoms with Crippen molar-refractivity contribution in [1.82, 2.24) is 0 Å². The number of carboxylic acids is 1. The van der Waals surface area contributed by atoms with Gasteiger partial charge in [0.1, 0.15) is 6.04 Å². The molecule has 6 nitrogen and oxygen atoms in total. The van der Waals surface area contributed by atoms with Gasteiger partial charge in [-0.15, -0.1) is 0 Å². The quantitative estimate of drug-likeness (QED) is 0.599. The van der Waals surface area contributed by atoms with Crippen molar-refractivity contribution in [1.29, 1.82) is 0 Å². The van der Waals surface area contributed by atoms with Crippen molar-refractivity contribution < 1.29 is 18.3 Å². The Morgan fingerprint density at radius 3 is 2.45 bits per heavy atom. The number of rotatable bonds is 8. The summed E-state index contributed by atoms with van der Waals surface area (Å²) in [7, 11) is -3.34. The van der Waals surface area contributed by atoms with Gasteiger partial charge in [0.05, 0.1) is 5.75 Å². The van der Waals surface area contributed by atoms with Gasteiger partial charge in [0.2, 0.25) is 10.0 Å². The lowest BCUT2D eigenvalue weighted by molar-refractivity contribution is -0.138. The normalized spacial score (nSPS) is 12.9. The van der Waals surface area contributed by atoms with Crippen LogP contribution in [0.2, 0.25) is 0 Å². The second-order valence-corrected chi connectivity index (χ2v) is 6.94. The van der Waals surface area contributed by atoms with Gasteiger partial charge in [0.15, 0.2) is 0 Å². The largest absolute Gasteiger partial charge is 0.480 e. The lowest BCUT2D eigenvalue weighted by atomic mass is 10.1. The molecule has 4 N–H and O–H groups in total. The van der Waals surface area contributed by atoms with Crippen LogP contribution in [0, 0.1) is 0 Å². The van der Waals surface area contributed by atoms with Gasteiger partial charge < -0.3 is 10.8 Å². The molecular formula is C12H17BrN2O4S. The maximum absolute atomic E-state index is 11.7. The summed E-state index contributed by atoms with van der Waals surface area (Å²) < 4.78 is 25.8. The first-order valence-electron chi connectivity index (χ1n) is 5.98. The first-order chi connectivity index (χ1) is 9.34. The van der Waals surface area contributed by atoms with E-state index in [4.69, 9.17) is 10.8 Å². The molecule has 0 fully saturated rings. The highest BCUT2D eigenvalue weighted by Crippen LogP contribution is 2.13. The predicted octanol–water partition coefficient (Wildman–Crippen LogP) is 1.17. The summed E-state index contributed by atoms with van der Waals surface area (Å²) in [5.74, 6) is -1.02. The second-order valence-electron chi connectivity index (χ2n) is 4.31. The Balaban J connectivity index is 2.65. The van der Waals surface area contributed by atoms with Crippen LogP contribution >= 0.6 is 15.9 Å². The summed E-state index contributed by atoms with van der Waals surface area (Å²) in [6.07, 6.45) is 0.729. The minimum absolute atomic E-state index is 0.0455. The van der Waals surface area contributed by atoms with E-state index in [2.05, 4.69) is 20.7 Å². The summed E-state index contributed by atoms with van der Waals surface area (Å²) in [5.41, 5.74) is 6.62. The van der Waals surface area contributed by atoms with E-state index in [0.29, 0.717) is 17.4 Å². The van der Waals surface area contributed by atoms with Crippen molar-refractivity contribution in [3.63, 3.8) is 0 Å². The van der Waals surface area contributed by atoms with E-state index in [1.54, 1.807) is 24.3 Å². The molecule has 0 bridgehead atoms. The second kappa shape index (κ2) is 7.61. The number of anilines is 1. The fourth-order valence-corrected chi connectivity index (χ4v) is 3.30. The zero-order valence-corrected chi connectivity index (χ0v) is 13.2. The minimum atomic E-state index is -3.34. The van der Waals surface area contributed by atoms with Crippen molar-refractivity contribution in [3.8, 4) is 0 Å². The highest BCUT2D eigenvalue weighted by molar-refractivity contribution is 9.09. The standard InChI is InChI=1S/C12H17BrN2O4S/c13-6-1-7-20(18,19)15-10-4-2-9(3-5-10)8-11(14)12(16)17/h2-5,11,15H,1,6-8,14H2,(H,16,17)/t11-/m0/s1. The predicted molar refractivity (Wildman–Crippen MR) is 81.6 cm³/mol. The summed E-state index contributed by atoms with van der Waals surface area (Å²) in [5, 5.41) is 9.34. The average molecular weight is 365 g/mol. The number of hydrogen-bond donors (Lipinski definition) is 3. The molecule has 0 aromatic heterocycles. The average Bonchev–Trinajstić information content (AvgIpc) is 2.38. The molecule has 1 atom stereocenters. The van der Waals surface area contributed by atoms with Crippen molar-refractivity contribution in [2.45, 2.75) is 18.9 Å². The lowest BCUT2D eigenvalue weighted by Crippen LogP contribution is -2.32. The van der Waals surface area contributed by atoms with Gasteiger partial charge in [-0.25, -0.2) is 8.42 Å². The summed E-state index contributed by atoms with van der Waals surface area (Å²) in [4.78, 5) is 10.6. The number of nitrogens with one attached hydrogen (secondary N) is 1. The number of nitrogens with two attached hydrogens (primary N) is 1. The molecule has 1 rings (SSSR count). The van der Waals surface area contributed by atoms with Crippen molar-refractivity contribution >= 4 is 37.6 Å². The summed E-state index contributed by atoms with van der Waals surface area (Å²) in [6, 6.07) is 5.54. The smallest absolute Gasteiger partial charge is 0.320 e. The van der Waals surface area contributed by atoms with Gasteiger partial charge in [0.25, 0.3) is 0 Å². The van der Waals surface area contributed by atoms with Crippen LogP contribution in [0.5, 0.6) is 0 Å². The van der Waals surface area contributed by atoms with Crippen molar-refractivity contribution in [2.75, 3.05) is 15.8 Å². The topological polar surface area (TPSA) is 109 Å². The zero-order chi connectivity index (χ0) is 15.2. The molecule has 112 valence electrons. The van der Waals surface area contributed by atoms with Crippen LogP contribution in [-0.2, 0) is 21.2 Å². The fraction of sp³-hybridized carbons (Fsp3) is 0.417. The van der Waals surface area contributed by atoms with E-state index in [1.807, 2.05) is 0 Å². The molecule has 0 heterocycles. The third-order valence-corrected chi connectivity index (χ3v) is 4.48. The number of carbonyl (C=O) groups is 1. The molecule has 1 aromatic carbocycles. The van der Waals surface area contributed by atoms with Crippen LogP contribution in [0.15, 0.2) is 24.3 Å². The van der Waals surface area contributed by atoms with Crippen molar-refractivity contribution in [2.24, 2.45) is 5.73 Å². The third kappa shape index (κ3) is 5.89. The molecule has 0 saturated carbocycles. The molecule has 20 heavy (non-hydrogen) atoms. The molecular weight excluding hydrogens is 348 g/mol. The molecule has 0 spiro atoms. The lowest BCUT2D eigenvalue weighted by Gasteiger charge is -2.09. The number of benzene rings is 1. The summed E-state index contributed by atoms with van der Waals surface area (Å²) in [6.45, 7) is 0. The third-order valence-electron chi connectivity index (χ3n) is 2.55. The molecule has 0 aliphatic heterocycles. The van der Waals surface area contributed by atoms with E-state index in [0.717, 1.165) is 5.56 Å². The molecule has 0 saturated heterocycles. The monoisotopic (exact) mass is 364 g/mol. The fourth-order valence-electron chi connectivity index (χ4n) is 1.53. The number of halogens is 1. The number of sulfonamides is 1. The number of aliphatic carboxylic acids is 1. The number of carboxylic acid groups (broad SMARTS) is 1. The molecule has 0 aliphatic carbocycles.